The van der Waals surface area contributed by atoms with Crippen molar-refractivity contribution in [2.75, 3.05) is 7.11 Å². The van der Waals surface area contributed by atoms with E-state index in [4.69, 9.17) is 21.7 Å². The van der Waals surface area contributed by atoms with Crippen molar-refractivity contribution in [1.82, 2.24) is 14.9 Å². The Morgan fingerprint density at radius 1 is 1.34 bits per heavy atom. The first-order valence-electron chi connectivity index (χ1n) is 8.39. The van der Waals surface area contributed by atoms with Crippen LogP contribution in [0.3, 0.4) is 0 Å². The summed E-state index contributed by atoms with van der Waals surface area (Å²) < 4.78 is 6.12. The lowest BCUT2D eigenvalue weighted by molar-refractivity contribution is -0.120. The predicted molar refractivity (Wildman–Crippen MR) is 113 cm³/mol. The lowest BCUT2D eigenvalue weighted by atomic mass is 10.1. The van der Waals surface area contributed by atoms with E-state index < -0.39 is 17.2 Å². The number of ether oxygens (including phenoxy) is 1. The molecule has 0 saturated heterocycles. The average molecular weight is 433 g/mol. The fraction of sp³-hybridized carbons (Fsp3) is 0.158. The van der Waals surface area contributed by atoms with E-state index in [1.807, 2.05) is 0 Å². The van der Waals surface area contributed by atoms with E-state index in [0.717, 1.165) is 4.57 Å². The average Bonchev–Trinajstić information content (AvgIpc) is 3.08. The third-order valence-corrected chi connectivity index (χ3v) is 5.37. The van der Waals surface area contributed by atoms with E-state index in [2.05, 4.69) is 10.3 Å². The number of amides is 1. The number of H-pyrrole nitrogens is 1. The second-order valence-corrected chi connectivity index (χ2v) is 7.43. The van der Waals surface area contributed by atoms with E-state index in [9.17, 15) is 14.4 Å². The third-order valence-electron chi connectivity index (χ3n) is 4.18. The van der Waals surface area contributed by atoms with Crippen molar-refractivity contribution in [3.05, 3.63) is 78.6 Å². The summed E-state index contributed by atoms with van der Waals surface area (Å²) in [6, 6.07) is 6.70. The smallest absolute Gasteiger partial charge is 0.329 e. The summed E-state index contributed by atoms with van der Waals surface area (Å²) in [6.07, 6.45) is 1.29. The van der Waals surface area contributed by atoms with Gasteiger partial charge in [-0.15, -0.1) is 11.3 Å². The summed E-state index contributed by atoms with van der Waals surface area (Å²) in [4.78, 5) is 39.5. The number of hydrogen-bond donors (Lipinski definition) is 3. The number of fused-ring (bicyclic) bond motifs is 1. The van der Waals surface area contributed by atoms with Gasteiger partial charge in [0.15, 0.2) is 5.88 Å². The summed E-state index contributed by atoms with van der Waals surface area (Å²) in [7, 11) is 2.75. The molecule has 0 aliphatic carbocycles. The van der Waals surface area contributed by atoms with Gasteiger partial charge in [-0.25, -0.2) is 4.79 Å². The standard InChI is InChI=1S/C19H17ClN4O4S/c1-24-18(26)16-11(9-29-17(16)23-19(24)27)7-14(25)22-15(28-2)8-13(21)10-3-5-12(20)6-4-10/h3-6,8-9,21H,7H2,1-2H3,(H,22,25)(H,23,27)/b15-8-,21-13?. The zero-order valence-corrected chi connectivity index (χ0v) is 17.1. The van der Waals surface area contributed by atoms with E-state index in [0.29, 0.717) is 26.4 Å². The molecule has 2 aromatic heterocycles. The molecule has 0 aliphatic heterocycles. The molecule has 0 spiro atoms. The molecule has 2 heterocycles. The number of allylic oxidation sites excluding steroid dienone is 1. The minimum absolute atomic E-state index is 0.0870. The number of thiophene rings is 1. The van der Waals surface area contributed by atoms with Gasteiger partial charge >= 0.3 is 5.69 Å². The highest BCUT2D eigenvalue weighted by molar-refractivity contribution is 7.16. The number of nitrogens with one attached hydrogen (secondary N) is 3. The summed E-state index contributed by atoms with van der Waals surface area (Å²) in [6.45, 7) is 0. The number of benzene rings is 1. The number of carbonyl (C=O) groups excluding carboxylic acids is 1. The van der Waals surface area contributed by atoms with Crippen LogP contribution < -0.4 is 16.6 Å². The van der Waals surface area contributed by atoms with Gasteiger partial charge in [-0.05, 0) is 28.6 Å². The number of carbonyl (C=O) groups is 1. The largest absolute Gasteiger partial charge is 0.482 e. The molecule has 150 valence electrons. The molecular weight excluding hydrogens is 416 g/mol. The van der Waals surface area contributed by atoms with Crippen LogP contribution in [0, 0.1) is 5.41 Å². The van der Waals surface area contributed by atoms with Crippen LogP contribution in [0.15, 0.2) is 51.2 Å². The molecular formula is C19H17ClN4O4S. The number of hydrogen-bond acceptors (Lipinski definition) is 6. The van der Waals surface area contributed by atoms with Gasteiger partial charge in [0.25, 0.3) is 5.56 Å². The molecule has 0 fully saturated rings. The van der Waals surface area contributed by atoms with Gasteiger partial charge in [-0.3, -0.25) is 24.5 Å². The normalized spacial score (nSPS) is 11.5. The van der Waals surface area contributed by atoms with Crippen molar-refractivity contribution in [2.45, 2.75) is 6.42 Å². The first kappa shape index (κ1) is 20.6. The number of rotatable bonds is 6. The summed E-state index contributed by atoms with van der Waals surface area (Å²) in [5, 5.41) is 13.2. The molecule has 0 atom stereocenters. The van der Waals surface area contributed by atoms with Crippen LogP contribution in [-0.2, 0) is 23.0 Å². The highest BCUT2D eigenvalue weighted by Gasteiger charge is 2.15. The molecule has 3 aromatic rings. The second-order valence-electron chi connectivity index (χ2n) is 6.12. The molecule has 29 heavy (non-hydrogen) atoms. The van der Waals surface area contributed by atoms with E-state index >= 15 is 0 Å². The molecule has 0 saturated carbocycles. The summed E-state index contributed by atoms with van der Waals surface area (Å²) >= 11 is 7.03. The number of halogens is 1. The van der Waals surface area contributed by atoms with Crippen molar-refractivity contribution in [1.29, 1.82) is 5.41 Å². The maximum Gasteiger partial charge on any atom is 0.329 e. The second kappa shape index (κ2) is 8.46. The molecule has 0 aliphatic rings. The van der Waals surface area contributed by atoms with Gasteiger partial charge in [0.1, 0.15) is 4.83 Å². The van der Waals surface area contributed by atoms with Gasteiger partial charge < -0.3 is 10.1 Å². The Labute approximate surface area is 173 Å². The first-order valence-corrected chi connectivity index (χ1v) is 9.65. The molecule has 1 amide bonds. The predicted octanol–water partition coefficient (Wildman–Crippen LogP) is 2.16. The minimum Gasteiger partial charge on any atom is -0.482 e. The number of methoxy groups -OCH3 is 1. The highest BCUT2D eigenvalue weighted by Crippen LogP contribution is 2.20. The zero-order chi connectivity index (χ0) is 21.1. The first-order chi connectivity index (χ1) is 13.8. The molecule has 3 N–H and O–H groups in total. The number of aromatic amines is 1. The third kappa shape index (κ3) is 4.47. The molecule has 0 radical (unpaired) electrons. The van der Waals surface area contributed by atoms with Crippen molar-refractivity contribution in [3.8, 4) is 0 Å². The highest BCUT2D eigenvalue weighted by atomic mass is 35.5. The maximum atomic E-state index is 12.5. The topological polar surface area (TPSA) is 117 Å². The minimum atomic E-state index is -0.509. The Morgan fingerprint density at radius 3 is 2.69 bits per heavy atom. The Hall–Kier alpha value is -3.17. The van der Waals surface area contributed by atoms with Gasteiger partial charge in [0.05, 0.1) is 24.6 Å². The Balaban J connectivity index is 1.79. The number of nitrogens with zero attached hydrogens (tertiary/aromatic N) is 1. The summed E-state index contributed by atoms with van der Waals surface area (Å²) in [5.74, 6) is -0.328. The molecule has 0 unspecified atom stereocenters. The van der Waals surface area contributed by atoms with Crippen LogP contribution in [0.25, 0.3) is 10.2 Å². The Kier molecular flexibility index (Phi) is 6.00. The van der Waals surface area contributed by atoms with E-state index in [1.54, 1.807) is 29.6 Å². The van der Waals surface area contributed by atoms with Crippen LogP contribution in [0.5, 0.6) is 0 Å². The van der Waals surface area contributed by atoms with Gasteiger partial charge in [-0.2, -0.15) is 0 Å². The van der Waals surface area contributed by atoms with Crippen molar-refractivity contribution < 1.29 is 9.53 Å². The molecule has 0 bridgehead atoms. The monoisotopic (exact) mass is 432 g/mol. The van der Waals surface area contributed by atoms with E-state index in [-0.39, 0.29) is 18.0 Å². The van der Waals surface area contributed by atoms with Crippen molar-refractivity contribution in [3.63, 3.8) is 0 Å². The Morgan fingerprint density at radius 2 is 2.03 bits per heavy atom. The fourth-order valence-corrected chi connectivity index (χ4v) is 3.71. The maximum absolute atomic E-state index is 12.5. The SMILES string of the molecule is CO/C(=C\C(=N)c1ccc(Cl)cc1)NC(=O)Cc1csc2[nH]c(=O)n(C)c(=O)c12. The van der Waals surface area contributed by atoms with Gasteiger partial charge in [0, 0.05) is 18.1 Å². The molecule has 10 heteroatoms. The molecule has 8 nitrogen and oxygen atoms in total. The zero-order valence-electron chi connectivity index (χ0n) is 15.5. The van der Waals surface area contributed by atoms with Gasteiger partial charge in [0.2, 0.25) is 5.91 Å². The van der Waals surface area contributed by atoms with Crippen LogP contribution in [0.2, 0.25) is 5.02 Å². The summed E-state index contributed by atoms with van der Waals surface area (Å²) in [5.41, 5.74) is 0.272. The number of aromatic nitrogens is 2. The van der Waals surface area contributed by atoms with Crippen LogP contribution in [0.4, 0.5) is 0 Å². The Bertz CT molecular complexity index is 1240. The van der Waals surface area contributed by atoms with Crippen molar-refractivity contribution >= 4 is 44.8 Å². The molecule has 3 rings (SSSR count). The van der Waals surface area contributed by atoms with Crippen LogP contribution in [-0.4, -0.2) is 28.3 Å². The van der Waals surface area contributed by atoms with E-state index in [1.165, 1.54) is 31.6 Å². The fourth-order valence-electron chi connectivity index (χ4n) is 2.64. The lowest BCUT2D eigenvalue weighted by Gasteiger charge is -2.09. The molecule has 1 aromatic carbocycles. The quantitative estimate of drug-likeness (QED) is 0.408. The van der Waals surface area contributed by atoms with Crippen LogP contribution >= 0.6 is 22.9 Å². The van der Waals surface area contributed by atoms with Crippen LogP contribution in [0.1, 0.15) is 11.1 Å². The lowest BCUT2D eigenvalue weighted by Crippen LogP contribution is -2.32. The van der Waals surface area contributed by atoms with Gasteiger partial charge in [-0.1, -0.05) is 23.7 Å². The van der Waals surface area contributed by atoms with Crippen molar-refractivity contribution in [2.24, 2.45) is 7.05 Å².